The van der Waals surface area contributed by atoms with Crippen molar-refractivity contribution in [1.29, 1.82) is 0 Å². The molecular weight excluding hydrogens is 270 g/mol. The van der Waals surface area contributed by atoms with E-state index in [4.69, 9.17) is 4.74 Å². The molecule has 1 heterocycles. The van der Waals surface area contributed by atoms with Crippen LogP contribution in [0.2, 0.25) is 0 Å². The SMILES string of the molecule is CCCCCCCC(CCCCCCC)N1CCOCC1C. The monoisotopic (exact) mass is 311 g/mol. The molecule has 1 unspecified atom stereocenters. The normalized spacial score (nSPS) is 19.9. The lowest BCUT2D eigenvalue weighted by molar-refractivity contribution is -0.0262. The molecule has 0 N–H and O–H groups in total. The number of nitrogens with zero attached hydrogens (tertiary/aromatic N) is 1. The first-order valence-corrected chi connectivity index (χ1v) is 10.1. The highest BCUT2D eigenvalue weighted by molar-refractivity contribution is 4.79. The second-order valence-electron chi connectivity index (χ2n) is 7.22. The van der Waals surface area contributed by atoms with Crippen molar-refractivity contribution < 1.29 is 4.74 Å². The van der Waals surface area contributed by atoms with Gasteiger partial charge in [0.25, 0.3) is 0 Å². The van der Waals surface area contributed by atoms with Gasteiger partial charge in [-0.3, -0.25) is 4.90 Å². The smallest absolute Gasteiger partial charge is 0.0619 e. The van der Waals surface area contributed by atoms with Gasteiger partial charge in [0.2, 0.25) is 0 Å². The van der Waals surface area contributed by atoms with Crippen molar-refractivity contribution in [1.82, 2.24) is 4.90 Å². The molecule has 1 fully saturated rings. The number of rotatable bonds is 13. The maximum atomic E-state index is 5.64. The molecule has 1 aliphatic rings. The van der Waals surface area contributed by atoms with Gasteiger partial charge in [-0.05, 0) is 19.8 Å². The van der Waals surface area contributed by atoms with Gasteiger partial charge in [0, 0.05) is 18.6 Å². The first-order valence-electron chi connectivity index (χ1n) is 10.1. The van der Waals surface area contributed by atoms with E-state index in [1.165, 1.54) is 77.0 Å². The number of ether oxygens (including phenoxy) is 1. The molecule has 2 nitrogen and oxygen atoms in total. The fraction of sp³-hybridized carbons (Fsp3) is 1.00. The summed E-state index contributed by atoms with van der Waals surface area (Å²) in [4.78, 5) is 2.75. The maximum absolute atomic E-state index is 5.64. The Kier molecular flexibility index (Phi) is 12.1. The van der Waals surface area contributed by atoms with Gasteiger partial charge in [0.1, 0.15) is 0 Å². The van der Waals surface area contributed by atoms with E-state index >= 15 is 0 Å². The lowest BCUT2D eigenvalue weighted by Gasteiger charge is -2.39. The van der Waals surface area contributed by atoms with Crippen molar-refractivity contribution in [3.63, 3.8) is 0 Å². The minimum atomic E-state index is 0.616. The second-order valence-corrected chi connectivity index (χ2v) is 7.22. The Morgan fingerprint density at radius 3 is 1.91 bits per heavy atom. The highest BCUT2D eigenvalue weighted by Crippen LogP contribution is 2.22. The third kappa shape index (κ3) is 8.53. The van der Waals surface area contributed by atoms with E-state index in [0.29, 0.717) is 6.04 Å². The van der Waals surface area contributed by atoms with Crippen molar-refractivity contribution >= 4 is 0 Å². The first-order chi connectivity index (χ1) is 10.8. The van der Waals surface area contributed by atoms with E-state index in [1.807, 2.05) is 0 Å². The van der Waals surface area contributed by atoms with Crippen LogP contribution in [0, 0.1) is 0 Å². The van der Waals surface area contributed by atoms with Gasteiger partial charge >= 0.3 is 0 Å². The summed E-state index contributed by atoms with van der Waals surface area (Å²) < 4.78 is 5.64. The molecule has 0 radical (unpaired) electrons. The Hall–Kier alpha value is -0.0800. The Bertz CT molecular complexity index is 230. The molecule has 1 rings (SSSR count). The average molecular weight is 312 g/mol. The molecule has 1 saturated heterocycles. The third-order valence-electron chi connectivity index (χ3n) is 5.17. The zero-order chi connectivity index (χ0) is 16.0. The lowest BCUT2D eigenvalue weighted by atomic mass is 9.97. The van der Waals surface area contributed by atoms with Crippen LogP contribution >= 0.6 is 0 Å². The molecule has 0 saturated carbocycles. The molecule has 1 atom stereocenters. The molecule has 0 aromatic rings. The van der Waals surface area contributed by atoms with Gasteiger partial charge in [0.15, 0.2) is 0 Å². The predicted molar refractivity (Wildman–Crippen MR) is 97.5 cm³/mol. The quantitative estimate of drug-likeness (QED) is 0.399. The Labute approximate surface area is 140 Å². The highest BCUT2D eigenvalue weighted by atomic mass is 16.5. The summed E-state index contributed by atoms with van der Waals surface area (Å²) in [6, 6.07) is 1.42. The molecule has 1 aliphatic heterocycles. The van der Waals surface area contributed by atoms with E-state index in [1.54, 1.807) is 0 Å². The lowest BCUT2D eigenvalue weighted by Crippen LogP contribution is -2.49. The van der Waals surface area contributed by atoms with E-state index in [0.717, 1.165) is 25.8 Å². The molecule has 22 heavy (non-hydrogen) atoms. The molecular formula is C20H41NO. The van der Waals surface area contributed by atoms with Crippen LogP contribution in [0.5, 0.6) is 0 Å². The van der Waals surface area contributed by atoms with Crippen LogP contribution in [0.15, 0.2) is 0 Å². The maximum Gasteiger partial charge on any atom is 0.0619 e. The number of hydrogen-bond acceptors (Lipinski definition) is 2. The van der Waals surface area contributed by atoms with Gasteiger partial charge in [0.05, 0.1) is 13.2 Å². The predicted octanol–water partition coefficient (Wildman–Crippen LogP) is 5.80. The second kappa shape index (κ2) is 13.4. The molecule has 0 aromatic heterocycles. The van der Waals surface area contributed by atoms with Gasteiger partial charge in [-0.25, -0.2) is 0 Å². The molecule has 2 heteroatoms. The summed E-state index contributed by atoms with van der Waals surface area (Å²) >= 11 is 0. The number of hydrogen-bond donors (Lipinski definition) is 0. The van der Waals surface area contributed by atoms with E-state index < -0.39 is 0 Å². The summed E-state index contributed by atoms with van der Waals surface area (Å²) in [7, 11) is 0. The molecule has 0 aliphatic carbocycles. The number of morpholine rings is 1. The standard InChI is InChI=1S/C20H41NO/c1-4-6-8-10-12-14-20(15-13-11-9-7-5-2)21-16-17-22-18-19(21)3/h19-20H,4-18H2,1-3H3. The van der Waals surface area contributed by atoms with Crippen molar-refractivity contribution in [3.05, 3.63) is 0 Å². The molecule has 0 bridgehead atoms. The molecule has 132 valence electrons. The van der Waals surface area contributed by atoms with Gasteiger partial charge < -0.3 is 4.74 Å². The summed E-state index contributed by atoms with van der Waals surface area (Å²) in [6.45, 7) is 9.97. The minimum Gasteiger partial charge on any atom is -0.379 e. The summed E-state index contributed by atoms with van der Waals surface area (Å²) in [6.07, 6.45) is 16.9. The van der Waals surface area contributed by atoms with Gasteiger partial charge in [-0.1, -0.05) is 78.1 Å². The van der Waals surface area contributed by atoms with Crippen LogP contribution in [0.3, 0.4) is 0 Å². The average Bonchev–Trinajstić information content (AvgIpc) is 2.53. The Balaban J connectivity index is 2.31. The fourth-order valence-electron chi connectivity index (χ4n) is 3.73. The first kappa shape index (κ1) is 20.0. The Morgan fingerprint density at radius 1 is 0.864 bits per heavy atom. The fourth-order valence-corrected chi connectivity index (χ4v) is 3.73. The topological polar surface area (TPSA) is 12.5 Å². The summed E-state index contributed by atoms with van der Waals surface area (Å²) in [5.41, 5.74) is 0. The van der Waals surface area contributed by atoms with Crippen LogP contribution in [0.1, 0.15) is 97.8 Å². The van der Waals surface area contributed by atoms with E-state index in [-0.39, 0.29) is 0 Å². The third-order valence-corrected chi connectivity index (χ3v) is 5.17. The van der Waals surface area contributed by atoms with Crippen LogP contribution in [-0.4, -0.2) is 36.7 Å². The molecule has 0 amide bonds. The van der Waals surface area contributed by atoms with Crippen LogP contribution in [0.4, 0.5) is 0 Å². The minimum absolute atomic E-state index is 0.616. The summed E-state index contributed by atoms with van der Waals surface area (Å²) in [5.74, 6) is 0. The van der Waals surface area contributed by atoms with Crippen LogP contribution in [-0.2, 0) is 4.74 Å². The zero-order valence-corrected chi connectivity index (χ0v) is 15.6. The van der Waals surface area contributed by atoms with Crippen molar-refractivity contribution in [3.8, 4) is 0 Å². The van der Waals surface area contributed by atoms with Gasteiger partial charge in [-0.15, -0.1) is 0 Å². The van der Waals surface area contributed by atoms with Crippen molar-refractivity contribution in [2.24, 2.45) is 0 Å². The Morgan fingerprint density at radius 2 is 1.41 bits per heavy atom. The molecule has 0 spiro atoms. The van der Waals surface area contributed by atoms with Crippen molar-refractivity contribution in [2.45, 2.75) is 110 Å². The largest absolute Gasteiger partial charge is 0.379 e. The van der Waals surface area contributed by atoms with E-state index in [9.17, 15) is 0 Å². The van der Waals surface area contributed by atoms with Crippen LogP contribution < -0.4 is 0 Å². The number of unbranched alkanes of at least 4 members (excludes halogenated alkanes) is 8. The van der Waals surface area contributed by atoms with Gasteiger partial charge in [-0.2, -0.15) is 0 Å². The van der Waals surface area contributed by atoms with E-state index in [2.05, 4.69) is 25.7 Å². The van der Waals surface area contributed by atoms with Crippen LogP contribution in [0.25, 0.3) is 0 Å². The highest BCUT2D eigenvalue weighted by Gasteiger charge is 2.25. The summed E-state index contributed by atoms with van der Waals surface area (Å²) in [5, 5.41) is 0. The zero-order valence-electron chi connectivity index (χ0n) is 15.6. The molecule has 0 aromatic carbocycles. The van der Waals surface area contributed by atoms with Crippen molar-refractivity contribution in [2.75, 3.05) is 19.8 Å².